The molecule has 1 rings (SSSR count). The van der Waals surface area contributed by atoms with E-state index in [9.17, 15) is 9.90 Å². The number of phenolic OH excluding ortho intramolecular Hbond substituents is 1. The number of ether oxygens (including phenoxy) is 1. The fraction of sp³-hybridized carbons (Fsp3) is 0.562. The molecule has 0 aliphatic rings. The van der Waals surface area contributed by atoms with Crippen LogP contribution in [0.1, 0.15) is 38.1 Å². The Balaban J connectivity index is 2.96. The van der Waals surface area contributed by atoms with Gasteiger partial charge in [-0.1, -0.05) is 27.7 Å². The molecule has 1 amide bonds. The Hall–Kier alpha value is -1.71. The van der Waals surface area contributed by atoms with Crippen LogP contribution in [0, 0.1) is 11.8 Å². The SMILES string of the molecule is COc1ccc(C(=O)N(CC(C)C)CC(C)C)cc1O. The monoisotopic (exact) mass is 279 g/mol. The topological polar surface area (TPSA) is 49.8 Å². The third-order valence-corrected chi connectivity index (χ3v) is 2.88. The summed E-state index contributed by atoms with van der Waals surface area (Å²) < 4.78 is 4.99. The van der Waals surface area contributed by atoms with Gasteiger partial charge >= 0.3 is 0 Å². The molecule has 112 valence electrons. The molecule has 0 saturated heterocycles. The summed E-state index contributed by atoms with van der Waals surface area (Å²) in [5.41, 5.74) is 0.490. The number of benzene rings is 1. The van der Waals surface area contributed by atoms with Crippen LogP contribution in [0.4, 0.5) is 0 Å². The fourth-order valence-corrected chi connectivity index (χ4v) is 2.13. The van der Waals surface area contributed by atoms with Crippen molar-refractivity contribution in [2.75, 3.05) is 20.2 Å². The van der Waals surface area contributed by atoms with Crippen LogP contribution in [-0.2, 0) is 0 Å². The van der Waals surface area contributed by atoms with E-state index in [1.165, 1.54) is 13.2 Å². The Kier molecular flexibility index (Phi) is 5.86. The van der Waals surface area contributed by atoms with Crippen molar-refractivity contribution in [2.24, 2.45) is 11.8 Å². The van der Waals surface area contributed by atoms with Crippen LogP contribution < -0.4 is 4.74 Å². The molecule has 4 nitrogen and oxygen atoms in total. The molecule has 0 spiro atoms. The molecule has 0 radical (unpaired) electrons. The molecule has 0 aromatic heterocycles. The third kappa shape index (κ3) is 4.44. The molecule has 0 heterocycles. The molecule has 0 saturated carbocycles. The maximum Gasteiger partial charge on any atom is 0.254 e. The lowest BCUT2D eigenvalue weighted by molar-refractivity contribution is 0.0714. The smallest absolute Gasteiger partial charge is 0.254 e. The van der Waals surface area contributed by atoms with Crippen molar-refractivity contribution in [1.29, 1.82) is 0 Å². The average molecular weight is 279 g/mol. The van der Waals surface area contributed by atoms with Gasteiger partial charge in [-0.15, -0.1) is 0 Å². The average Bonchev–Trinajstić information content (AvgIpc) is 2.35. The highest BCUT2D eigenvalue weighted by Crippen LogP contribution is 2.27. The second kappa shape index (κ2) is 7.17. The Bertz CT molecular complexity index is 445. The van der Waals surface area contributed by atoms with Crippen LogP contribution in [0.2, 0.25) is 0 Å². The molecule has 0 fully saturated rings. The van der Waals surface area contributed by atoms with Crippen molar-refractivity contribution in [1.82, 2.24) is 4.90 Å². The zero-order valence-corrected chi connectivity index (χ0v) is 13.0. The van der Waals surface area contributed by atoms with E-state index in [-0.39, 0.29) is 11.7 Å². The molecule has 1 N–H and O–H groups in total. The fourth-order valence-electron chi connectivity index (χ4n) is 2.13. The van der Waals surface area contributed by atoms with Crippen molar-refractivity contribution in [3.05, 3.63) is 23.8 Å². The minimum atomic E-state index is -0.0506. The van der Waals surface area contributed by atoms with Gasteiger partial charge in [0, 0.05) is 18.7 Å². The highest BCUT2D eigenvalue weighted by Gasteiger charge is 2.19. The van der Waals surface area contributed by atoms with Crippen LogP contribution in [-0.4, -0.2) is 36.1 Å². The van der Waals surface area contributed by atoms with Crippen LogP contribution >= 0.6 is 0 Å². The first-order valence-corrected chi connectivity index (χ1v) is 7.01. The Morgan fingerprint density at radius 1 is 1.20 bits per heavy atom. The number of phenols is 1. The summed E-state index contributed by atoms with van der Waals surface area (Å²) >= 11 is 0. The number of amides is 1. The van der Waals surface area contributed by atoms with E-state index in [2.05, 4.69) is 27.7 Å². The second-order valence-electron chi connectivity index (χ2n) is 5.88. The van der Waals surface area contributed by atoms with Gasteiger partial charge in [-0.3, -0.25) is 4.79 Å². The van der Waals surface area contributed by atoms with E-state index in [1.807, 2.05) is 4.90 Å². The van der Waals surface area contributed by atoms with E-state index in [0.717, 1.165) is 0 Å². The van der Waals surface area contributed by atoms with Gasteiger partial charge in [-0.25, -0.2) is 0 Å². The minimum Gasteiger partial charge on any atom is -0.504 e. The summed E-state index contributed by atoms with van der Waals surface area (Å²) in [5.74, 6) is 1.13. The Morgan fingerprint density at radius 2 is 1.75 bits per heavy atom. The lowest BCUT2D eigenvalue weighted by atomic mass is 10.1. The summed E-state index contributed by atoms with van der Waals surface area (Å²) in [4.78, 5) is 14.4. The van der Waals surface area contributed by atoms with Crippen molar-refractivity contribution >= 4 is 5.91 Å². The molecule has 0 aliphatic heterocycles. The van der Waals surface area contributed by atoms with E-state index in [4.69, 9.17) is 4.74 Å². The van der Waals surface area contributed by atoms with Crippen molar-refractivity contribution in [3.63, 3.8) is 0 Å². The van der Waals surface area contributed by atoms with Crippen molar-refractivity contribution in [3.8, 4) is 11.5 Å². The maximum absolute atomic E-state index is 12.5. The number of carbonyl (C=O) groups is 1. The highest BCUT2D eigenvalue weighted by atomic mass is 16.5. The van der Waals surface area contributed by atoms with E-state index >= 15 is 0 Å². The Labute approximate surface area is 121 Å². The number of hydrogen-bond acceptors (Lipinski definition) is 3. The second-order valence-corrected chi connectivity index (χ2v) is 5.88. The Morgan fingerprint density at radius 3 is 2.15 bits per heavy atom. The van der Waals surface area contributed by atoms with Crippen LogP contribution in [0.15, 0.2) is 18.2 Å². The van der Waals surface area contributed by atoms with Gasteiger partial charge < -0.3 is 14.7 Å². The predicted octanol–water partition coefficient (Wildman–Crippen LogP) is 3.16. The van der Waals surface area contributed by atoms with E-state index in [1.54, 1.807) is 12.1 Å². The maximum atomic E-state index is 12.5. The first-order valence-electron chi connectivity index (χ1n) is 7.01. The quantitative estimate of drug-likeness (QED) is 0.870. The zero-order valence-electron chi connectivity index (χ0n) is 13.0. The largest absolute Gasteiger partial charge is 0.504 e. The van der Waals surface area contributed by atoms with Gasteiger partial charge in [-0.2, -0.15) is 0 Å². The highest BCUT2D eigenvalue weighted by molar-refractivity contribution is 5.95. The lowest BCUT2D eigenvalue weighted by Gasteiger charge is -2.26. The van der Waals surface area contributed by atoms with Gasteiger partial charge in [0.25, 0.3) is 5.91 Å². The molecule has 0 bridgehead atoms. The number of hydrogen-bond donors (Lipinski definition) is 1. The van der Waals surface area contributed by atoms with Gasteiger partial charge in [0.05, 0.1) is 7.11 Å². The first kappa shape index (κ1) is 16.3. The number of rotatable bonds is 6. The van der Waals surface area contributed by atoms with Gasteiger partial charge in [0.2, 0.25) is 0 Å². The number of carbonyl (C=O) groups excluding carboxylic acids is 1. The van der Waals surface area contributed by atoms with Crippen LogP contribution in [0.3, 0.4) is 0 Å². The molecule has 0 atom stereocenters. The minimum absolute atomic E-state index is 0.00704. The first-order chi connectivity index (χ1) is 9.35. The molecular formula is C16H25NO3. The summed E-state index contributed by atoms with van der Waals surface area (Å²) in [5, 5.41) is 9.79. The molecule has 4 heteroatoms. The molecular weight excluding hydrogens is 254 g/mol. The van der Waals surface area contributed by atoms with Crippen molar-refractivity contribution in [2.45, 2.75) is 27.7 Å². The van der Waals surface area contributed by atoms with Crippen LogP contribution in [0.25, 0.3) is 0 Å². The molecule has 20 heavy (non-hydrogen) atoms. The van der Waals surface area contributed by atoms with Gasteiger partial charge in [0.1, 0.15) is 0 Å². The van der Waals surface area contributed by atoms with Crippen molar-refractivity contribution < 1.29 is 14.6 Å². The van der Waals surface area contributed by atoms with Crippen LogP contribution in [0.5, 0.6) is 11.5 Å². The standard InChI is InChI=1S/C16H25NO3/c1-11(2)9-17(10-12(3)4)16(19)13-6-7-15(20-5)14(18)8-13/h6-8,11-12,18H,9-10H2,1-5H3. The predicted molar refractivity (Wildman–Crippen MR) is 80.2 cm³/mol. The van der Waals surface area contributed by atoms with E-state index in [0.29, 0.717) is 36.2 Å². The lowest BCUT2D eigenvalue weighted by Crippen LogP contribution is -2.37. The summed E-state index contributed by atoms with van der Waals surface area (Å²) in [6, 6.07) is 4.77. The molecule has 1 aromatic rings. The normalized spacial score (nSPS) is 10.9. The summed E-state index contributed by atoms with van der Waals surface area (Å²) in [6.45, 7) is 9.78. The van der Waals surface area contributed by atoms with Gasteiger partial charge in [0.15, 0.2) is 11.5 Å². The van der Waals surface area contributed by atoms with Gasteiger partial charge in [-0.05, 0) is 30.0 Å². The summed E-state index contributed by atoms with van der Waals surface area (Å²) in [7, 11) is 1.49. The third-order valence-electron chi connectivity index (χ3n) is 2.88. The van der Waals surface area contributed by atoms with E-state index < -0.39 is 0 Å². The zero-order chi connectivity index (χ0) is 15.3. The number of methoxy groups -OCH3 is 1. The molecule has 0 unspecified atom stereocenters. The number of aromatic hydroxyl groups is 1. The molecule has 1 aromatic carbocycles. The number of nitrogens with zero attached hydrogens (tertiary/aromatic N) is 1. The molecule has 0 aliphatic carbocycles. The summed E-state index contributed by atoms with van der Waals surface area (Å²) in [6.07, 6.45) is 0.